The fourth-order valence-corrected chi connectivity index (χ4v) is 1.94. The molecule has 20 heavy (non-hydrogen) atoms. The van der Waals surface area contributed by atoms with E-state index in [2.05, 4.69) is 21.5 Å². The number of nitrogens with one attached hydrogen (secondary N) is 1. The molecule has 0 atom stereocenters. The van der Waals surface area contributed by atoms with Crippen molar-refractivity contribution in [2.45, 2.75) is 45.5 Å². The molecule has 1 aliphatic rings. The van der Waals surface area contributed by atoms with E-state index in [1.807, 2.05) is 30.1 Å². The van der Waals surface area contributed by atoms with E-state index in [-0.39, 0.29) is 0 Å². The Labute approximate surface area is 119 Å². The van der Waals surface area contributed by atoms with Gasteiger partial charge in [0.1, 0.15) is 6.61 Å². The van der Waals surface area contributed by atoms with E-state index >= 15 is 0 Å². The van der Waals surface area contributed by atoms with Gasteiger partial charge >= 0.3 is 0 Å². The minimum atomic E-state index is 0.478. The summed E-state index contributed by atoms with van der Waals surface area (Å²) in [5, 5.41) is 7.65. The van der Waals surface area contributed by atoms with Crippen molar-refractivity contribution in [3.63, 3.8) is 0 Å². The Morgan fingerprint density at radius 3 is 2.90 bits per heavy atom. The number of aromatic nitrogens is 3. The summed E-state index contributed by atoms with van der Waals surface area (Å²) in [5.74, 6) is 0.785. The lowest BCUT2D eigenvalue weighted by atomic mass is 10.2. The third-order valence-electron chi connectivity index (χ3n) is 3.38. The molecular formula is C15H20N4O. The monoisotopic (exact) mass is 272 g/mol. The zero-order chi connectivity index (χ0) is 13.8. The molecule has 0 radical (unpaired) electrons. The second-order valence-electron chi connectivity index (χ2n) is 5.13. The van der Waals surface area contributed by atoms with E-state index in [0.29, 0.717) is 6.61 Å². The molecule has 0 saturated heterocycles. The average Bonchev–Trinajstić information content (AvgIpc) is 3.21. The molecular weight excluding hydrogens is 252 g/mol. The normalized spacial score (nSPS) is 14.4. The van der Waals surface area contributed by atoms with Gasteiger partial charge in [0, 0.05) is 25.3 Å². The van der Waals surface area contributed by atoms with Crippen LogP contribution in [0, 0.1) is 0 Å². The highest BCUT2D eigenvalue weighted by molar-refractivity contribution is 5.16. The minimum Gasteiger partial charge on any atom is -0.484 e. The average molecular weight is 272 g/mol. The van der Waals surface area contributed by atoms with Crippen LogP contribution in [-0.2, 0) is 19.7 Å². The van der Waals surface area contributed by atoms with Crippen molar-refractivity contribution < 1.29 is 4.74 Å². The van der Waals surface area contributed by atoms with E-state index in [0.717, 1.165) is 30.6 Å². The highest BCUT2D eigenvalue weighted by Gasteiger charge is 2.19. The van der Waals surface area contributed by atoms with Gasteiger partial charge in [-0.2, -0.15) is 5.10 Å². The van der Waals surface area contributed by atoms with E-state index in [4.69, 9.17) is 4.74 Å². The predicted molar refractivity (Wildman–Crippen MR) is 76.3 cm³/mol. The van der Waals surface area contributed by atoms with Gasteiger partial charge in [0.05, 0.1) is 18.1 Å². The van der Waals surface area contributed by atoms with Gasteiger partial charge in [0.25, 0.3) is 0 Å². The maximum atomic E-state index is 5.66. The Morgan fingerprint density at radius 2 is 2.25 bits per heavy atom. The summed E-state index contributed by atoms with van der Waals surface area (Å²) >= 11 is 0. The van der Waals surface area contributed by atoms with Crippen molar-refractivity contribution in [2.24, 2.45) is 0 Å². The van der Waals surface area contributed by atoms with Crippen LogP contribution in [0.2, 0.25) is 0 Å². The molecule has 1 fully saturated rings. The first-order chi connectivity index (χ1) is 9.83. The molecule has 2 aromatic heterocycles. The molecule has 0 amide bonds. The van der Waals surface area contributed by atoms with Crippen LogP contribution < -0.4 is 10.1 Å². The lowest BCUT2D eigenvalue weighted by Crippen LogP contribution is -2.15. The number of hydrogen-bond donors (Lipinski definition) is 1. The maximum Gasteiger partial charge on any atom is 0.157 e. The lowest BCUT2D eigenvalue weighted by Gasteiger charge is -2.05. The molecule has 2 heterocycles. The molecule has 2 aromatic rings. The first-order valence-corrected chi connectivity index (χ1v) is 7.16. The van der Waals surface area contributed by atoms with Crippen molar-refractivity contribution >= 4 is 0 Å². The highest BCUT2D eigenvalue weighted by Crippen LogP contribution is 2.19. The molecule has 0 spiro atoms. The summed E-state index contributed by atoms with van der Waals surface area (Å²) in [6, 6.07) is 4.86. The van der Waals surface area contributed by atoms with Crippen molar-refractivity contribution in [2.75, 3.05) is 0 Å². The number of aryl methyl sites for hydroxylation is 1. The summed E-state index contributed by atoms with van der Waals surface area (Å²) in [6.45, 7) is 4.28. The molecule has 1 saturated carbocycles. The Balaban J connectivity index is 1.49. The van der Waals surface area contributed by atoms with Crippen LogP contribution in [0.25, 0.3) is 0 Å². The van der Waals surface area contributed by atoms with Gasteiger partial charge in [0.15, 0.2) is 5.75 Å². The molecule has 0 aromatic carbocycles. The fraction of sp³-hybridized carbons (Fsp3) is 0.467. The van der Waals surface area contributed by atoms with Crippen molar-refractivity contribution in [1.29, 1.82) is 0 Å². The largest absolute Gasteiger partial charge is 0.484 e. The zero-order valence-corrected chi connectivity index (χ0v) is 11.7. The second-order valence-corrected chi connectivity index (χ2v) is 5.13. The van der Waals surface area contributed by atoms with Crippen LogP contribution in [0.15, 0.2) is 30.7 Å². The third-order valence-corrected chi connectivity index (χ3v) is 3.38. The zero-order valence-electron chi connectivity index (χ0n) is 11.7. The number of hydrogen-bond acceptors (Lipinski definition) is 4. The topological polar surface area (TPSA) is 52.0 Å². The van der Waals surface area contributed by atoms with E-state index < -0.39 is 0 Å². The van der Waals surface area contributed by atoms with Gasteiger partial charge in [-0.3, -0.25) is 9.67 Å². The van der Waals surface area contributed by atoms with E-state index in [1.54, 1.807) is 6.20 Å². The molecule has 3 rings (SSSR count). The summed E-state index contributed by atoms with van der Waals surface area (Å²) in [6.07, 6.45) is 8.17. The first kappa shape index (κ1) is 13.1. The van der Waals surface area contributed by atoms with E-state index in [9.17, 15) is 0 Å². The van der Waals surface area contributed by atoms with Gasteiger partial charge in [-0.05, 0) is 31.4 Å². The van der Waals surface area contributed by atoms with Crippen molar-refractivity contribution in [3.05, 3.63) is 42.0 Å². The van der Waals surface area contributed by atoms with E-state index in [1.165, 1.54) is 18.4 Å². The van der Waals surface area contributed by atoms with Crippen LogP contribution in [0.4, 0.5) is 0 Å². The molecule has 5 nitrogen and oxygen atoms in total. The molecule has 0 aliphatic heterocycles. The minimum absolute atomic E-state index is 0.478. The summed E-state index contributed by atoms with van der Waals surface area (Å²) < 4.78 is 7.50. The summed E-state index contributed by atoms with van der Waals surface area (Å²) in [4.78, 5) is 4.43. The van der Waals surface area contributed by atoms with Crippen LogP contribution in [0.5, 0.6) is 5.75 Å². The smallest absolute Gasteiger partial charge is 0.157 e. The highest BCUT2D eigenvalue weighted by atomic mass is 16.5. The second kappa shape index (κ2) is 6.05. The van der Waals surface area contributed by atoms with Crippen molar-refractivity contribution in [1.82, 2.24) is 20.1 Å². The number of nitrogens with zero attached hydrogens (tertiary/aromatic N) is 3. The Kier molecular flexibility index (Phi) is 3.97. The molecule has 1 aliphatic carbocycles. The fourth-order valence-electron chi connectivity index (χ4n) is 1.94. The Morgan fingerprint density at radius 1 is 1.35 bits per heavy atom. The van der Waals surface area contributed by atoms with Gasteiger partial charge in [-0.15, -0.1) is 0 Å². The quantitative estimate of drug-likeness (QED) is 0.839. The predicted octanol–water partition coefficient (Wildman–Crippen LogP) is 2.13. The SMILES string of the molecule is CCn1cc(OCc2ccc(CNC3CC3)cn2)cn1. The number of ether oxygens (including phenoxy) is 1. The van der Waals surface area contributed by atoms with Crippen LogP contribution in [0.3, 0.4) is 0 Å². The standard InChI is InChI=1S/C15H20N4O/c1-2-19-10-15(9-18-19)20-11-14-4-3-12(8-17-14)7-16-13-5-6-13/h3-4,8-10,13,16H,2,5-7,11H2,1H3. The number of pyridine rings is 1. The molecule has 106 valence electrons. The van der Waals surface area contributed by atoms with Crippen LogP contribution in [-0.4, -0.2) is 20.8 Å². The number of rotatable bonds is 7. The lowest BCUT2D eigenvalue weighted by molar-refractivity contribution is 0.301. The van der Waals surface area contributed by atoms with Crippen molar-refractivity contribution in [3.8, 4) is 5.75 Å². The van der Waals surface area contributed by atoms with Crippen LogP contribution >= 0.6 is 0 Å². The Bertz CT molecular complexity index is 545. The first-order valence-electron chi connectivity index (χ1n) is 7.16. The Hall–Kier alpha value is -1.88. The molecule has 5 heteroatoms. The molecule has 0 bridgehead atoms. The van der Waals surface area contributed by atoms with Gasteiger partial charge in [-0.25, -0.2) is 0 Å². The summed E-state index contributed by atoms with van der Waals surface area (Å²) in [5.41, 5.74) is 2.16. The molecule has 1 N–H and O–H groups in total. The van der Waals surface area contributed by atoms with Gasteiger partial charge in [0.2, 0.25) is 0 Å². The van der Waals surface area contributed by atoms with Gasteiger partial charge < -0.3 is 10.1 Å². The maximum absolute atomic E-state index is 5.66. The summed E-state index contributed by atoms with van der Waals surface area (Å²) in [7, 11) is 0. The third kappa shape index (κ3) is 3.57. The van der Waals surface area contributed by atoms with Crippen LogP contribution in [0.1, 0.15) is 31.0 Å². The van der Waals surface area contributed by atoms with Gasteiger partial charge in [-0.1, -0.05) is 6.07 Å². The molecule has 0 unspecified atom stereocenters.